The highest BCUT2D eigenvalue weighted by Gasteiger charge is 2.31. The van der Waals surface area contributed by atoms with E-state index in [1.807, 2.05) is 12.1 Å². The number of rotatable bonds is 5. The molecule has 2 aromatic rings. The monoisotopic (exact) mass is 390 g/mol. The summed E-state index contributed by atoms with van der Waals surface area (Å²) in [6.07, 6.45) is 0. The Morgan fingerprint density at radius 3 is 1.15 bits per heavy atom. The summed E-state index contributed by atoms with van der Waals surface area (Å²) in [4.78, 5) is 0. The molecule has 0 unspecified atom stereocenters. The van der Waals surface area contributed by atoms with E-state index in [1.165, 1.54) is 0 Å². The second-order valence-electron chi connectivity index (χ2n) is 8.58. The number of phenolic OH excluding ortho intramolecular Hbond substituents is 2. The number of aromatic hydroxyl groups is 2. The van der Waals surface area contributed by atoms with Crippen molar-refractivity contribution in [2.24, 2.45) is 0 Å². The lowest BCUT2D eigenvalue weighted by atomic mass is 10.0. The summed E-state index contributed by atoms with van der Waals surface area (Å²) in [6.45, 7) is 13.3. The van der Waals surface area contributed by atoms with Gasteiger partial charge < -0.3 is 19.7 Å². The zero-order chi connectivity index (χ0) is 19.9. The van der Waals surface area contributed by atoms with Crippen LogP contribution in [0.15, 0.2) is 24.3 Å². The van der Waals surface area contributed by atoms with E-state index in [-0.39, 0.29) is 11.5 Å². The van der Waals surface area contributed by atoms with Gasteiger partial charge in [-0.2, -0.15) is 0 Å². The largest absolute Gasteiger partial charge is 0.507 e. The topological polar surface area (TPSA) is 58.9 Å². The average Bonchev–Trinajstić information content (AvgIpc) is 2.52. The van der Waals surface area contributed by atoms with Crippen molar-refractivity contribution >= 4 is 26.5 Å². The number of phenols is 2. The zero-order valence-electron chi connectivity index (χ0n) is 17.0. The van der Waals surface area contributed by atoms with Crippen LogP contribution in [0.1, 0.15) is 0 Å². The Morgan fingerprint density at radius 1 is 0.615 bits per heavy atom. The van der Waals surface area contributed by atoms with Crippen LogP contribution in [0.25, 0.3) is 11.1 Å². The summed E-state index contributed by atoms with van der Waals surface area (Å²) in [6, 6.07) is 7.22. The van der Waals surface area contributed by atoms with E-state index in [4.69, 9.17) is 9.47 Å². The lowest BCUT2D eigenvalue weighted by Crippen LogP contribution is -2.39. The predicted molar refractivity (Wildman–Crippen MR) is 114 cm³/mol. The fourth-order valence-corrected chi connectivity index (χ4v) is 6.22. The van der Waals surface area contributed by atoms with Gasteiger partial charge in [-0.25, -0.2) is 0 Å². The molecule has 0 radical (unpaired) electrons. The van der Waals surface area contributed by atoms with E-state index < -0.39 is 16.1 Å². The molecular formula is C20H30O4Si2. The van der Waals surface area contributed by atoms with Gasteiger partial charge in [0.1, 0.15) is 23.0 Å². The Bertz CT molecular complexity index is 749. The number of ether oxygens (including phenoxy) is 2. The summed E-state index contributed by atoms with van der Waals surface area (Å²) in [5, 5.41) is 23.5. The van der Waals surface area contributed by atoms with Gasteiger partial charge in [0.15, 0.2) is 0 Å². The van der Waals surface area contributed by atoms with Gasteiger partial charge in [0.05, 0.1) is 41.5 Å². The molecule has 0 spiro atoms. The van der Waals surface area contributed by atoms with Gasteiger partial charge in [-0.1, -0.05) is 51.4 Å². The maximum absolute atomic E-state index is 10.7. The molecule has 2 N–H and O–H groups in total. The molecule has 0 saturated carbocycles. The van der Waals surface area contributed by atoms with E-state index in [0.717, 1.165) is 10.4 Å². The zero-order valence-corrected chi connectivity index (χ0v) is 19.0. The molecule has 0 atom stereocenters. The minimum atomic E-state index is -1.73. The fraction of sp³-hybridized carbons (Fsp3) is 0.400. The van der Waals surface area contributed by atoms with Gasteiger partial charge in [0.2, 0.25) is 0 Å². The standard InChI is InChI=1S/C20H30O4Si2/c1-23-19-15(25(3,4)5)11-9-13(21)17(19)18-14(22)10-12-16(20(18)24-2)26(6,7)8/h9-12,21-22H,1-8H3. The summed E-state index contributed by atoms with van der Waals surface area (Å²) in [7, 11) is -0.252. The molecule has 4 nitrogen and oxygen atoms in total. The molecule has 0 bridgehead atoms. The Labute approximate surface area is 158 Å². The van der Waals surface area contributed by atoms with Crippen molar-refractivity contribution in [3.8, 4) is 34.1 Å². The second-order valence-corrected chi connectivity index (χ2v) is 18.7. The highest BCUT2D eigenvalue weighted by atomic mass is 28.3. The van der Waals surface area contributed by atoms with Crippen LogP contribution >= 0.6 is 0 Å². The quantitative estimate of drug-likeness (QED) is 0.761. The highest BCUT2D eigenvalue weighted by Crippen LogP contribution is 2.46. The summed E-state index contributed by atoms with van der Waals surface area (Å²) in [5.41, 5.74) is 1.00. The molecule has 0 aliphatic heterocycles. The minimum absolute atomic E-state index is 0.0742. The first-order valence-corrected chi connectivity index (χ1v) is 15.7. The molecule has 0 aliphatic carbocycles. The molecule has 0 saturated heterocycles. The number of methoxy groups -OCH3 is 2. The van der Waals surface area contributed by atoms with Crippen LogP contribution in [0.2, 0.25) is 39.3 Å². The number of hydrogen-bond donors (Lipinski definition) is 2. The van der Waals surface area contributed by atoms with Crippen LogP contribution in [0.3, 0.4) is 0 Å². The highest BCUT2D eigenvalue weighted by molar-refractivity contribution is 6.90. The molecule has 0 aromatic heterocycles. The summed E-state index contributed by atoms with van der Waals surface area (Å²) < 4.78 is 11.5. The van der Waals surface area contributed by atoms with E-state index in [9.17, 15) is 10.2 Å². The SMILES string of the molecule is COc1c([Si](C)(C)C)ccc(O)c1-c1c(O)ccc([Si](C)(C)C)c1OC. The van der Waals surface area contributed by atoms with Gasteiger partial charge in [-0.15, -0.1) is 0 Å². The summed E-state index contributed by atoms with van der Waals surface area (Å²) >= 11 is 0. The maximum atomic E-state index is 10.7. The Balaban J connectivity index is 2.97. The fourth-order valence-electron chi connectivity index (χ4n) is 3.23. The predicted octanol–water partition coefficient (Wildman–Crippen LogP) is 3.87. The van der Waals surface area contributed by atoms with E-state index in [2.05, 4.69) is 39.3 Å². The molecule has 142 valence electrons. The second kappa shape index (κ2) is 7.00. The maximum Gasteiger partial charge on any atom is 0.129 e. The van der Waals surface area contributed by atoms with Crippen LogP contribution in [0, 0.1) is 0 Å². The van der Waals surface area contributed by atoms with Crippen molar-refractivity contribution in [2.75, 3.05) is 14.2 Å². The number of benzene rings is 2. The normalized spacial score (nSPS) is 12.2. The van der Waals surface area contributed by atoms with Gasteiger partial charge >= 0.3 is 0 Å². The van der Waals surface area contributed by atoms with Crippen LogP contribution in [0.5, 0.6) is 23.0 Å². The van der Waals surface area contributed by atoms with E-state index in [0.29, 0.717) is 22.6 Å². The van der Waals surface area contributed by atoms with Crippen LogP contribution in [-0.2, 0) is 0 Å². The van der Waals surface area contributed by atoms with Crippen molar-refractivity contribution in [3.63, 3.8) is 0 Å². The first-order chi connectivity index (χ1) is 11.9. The van der Waals surface area contributed by atoms with Gasteiger partial charge in [0.25, 0.3) is 0 Å². The van der Waals surface area contributed by atoms with Gasteiger partial charge in [-0.05, 0) is 22.5 Å². The molecule has 6 heteroatoms. The third-order valence-electron chi connectivity index (χ3n) is 4.55. The van der Waals surface area contributed by atoms with E-state index >= 15 is 0 Å². The molecule has 0 amide bonds. The van der Waals surface area contributed by atoms with Crippen molar-refractivity contribution in [1.82, 2.24) is 0 Å². The first kappa shape index (κ1) is 20.4. The van der Waals surface area contributed by atoms with Crippen LogP contribution < -0.4 is 19.8 Å². The Hall–Kier alpha value is -1.93. The smallest absolute Gasteiger partial charge is 0.129 e. The molecule has 0 aliphatic rings. The average molecular weight is 391 g/mol. The van der Waals surface area contributed by atoms with Crippen molar-refractivity contribution in [3.05, 3.63) is 24.3 Å². The Kier molecular flexibility index (Phi) is 5.49. The van der Waals surface area contributed by atoms with Crippen LogP contribution in [0.4, 0.5) is 0 Å². The summed E-state index contributed by atoms with van der Waals surface area (Å²) in [5.74, 6) is 1.38. The molecule has 0 fully saturated rings. The molecule has 2 rings (SSSR count). The van der Waals surface area contributed by atoms with Gasteiger partial charge in [-0.3, -0.25) is 0 Å². The van der Waals surface area contributed by atoms with Crippen molar-refractivity contribution in [2.45, 2.75) is 39.3 Å². The van der Waals surface area contributed by atoms with Crippen molar-refractivity contribution in [1.29, 1.82) is 0 Å². The number of hydrogen-bond acceptors (Lipinski definition) is 4. The third-order valence-corrected chi connectivity index (χ3v) is 8.57. The first-order valence-electron chi connectivity index (χ1n) is 8.74. The third kappa shape index (κ3) is 3.62. The Morgan fingerprint density at radius 2 is 0.923 bits per heavy atom. The van der Waals surface area contributed by atoms with Gasteiger partial charge in [0, 0.05) is 0 Å². The van der Waals surface area contributed by atoms with Crippen LogP contribution in [-0.4, -0.2) is 40.6 Å². The lowest BCUT2D eigenvalue weighted by Gasteiger charge is -2.26. The molecular weight excluding hydrogens is 360 g/mol. The van der Waals surface area contributed by atoms with E-state index in [1.54, 1.807) is 26.4 Å². The van der Waals surface area contributed by atoms with Crippen molar-refractivity contribution < 1.29 is 19.7 Å². The molecule has 0 heterocycles. The minimum Gasteiger partial charge on any atom is -0.507 e. The lowest BCUT2D eigenvalue weighted by molar-refractivity contribution is 0.403. The molecule has 26 heavy (non-hydrogen) atoms. The molecule has 2 aromatic carbocycles.